The van der Waals surface area contributed by atoms with Crippen molar-refractivity contribution in [2.24, 2.45) is 0 Å². The summed E-state index contributed by atoms with van der Waals surface area (Å²) in [4.78, 5) is 29.3. The molecular formula is C30H37F3N6O3. The van der Waals surface area contributed by atoms with Crippen LogP contribution >= 0.6 is 0 Å². The summed E-state index contributed by atoms with van der Waals surface area (Å²) in [6.45, 7) is 11.6. The van der Waals surface area contributed by atoms with Crippen molar-refractivity contribution in [2.45, 2.75) is 45.1 Å². The summed E-state index contributed by atoms with van der Waals surface area (Å²) in [6.07, 6.45) is -2.29. The number of carboxylic acids is 1. The lowest BCUT2D eigenvalue weighted by atomic mass is 10.1. The van der Waals surface area contributed by atoms with Crippen LogP contribution in [0.2, 0.25) is 0 Å². The average molecular weight is 587 g/mol. The molecule has 2 aliphatic rings. The summed E-state index contributed by atoms with van der Waals surface area (Å²) < 4.78 is 33.7. The van der Waals surface area contributed by atoms with E-state index in [9.17, 15) is 18.0 Å². The lowest BCUT2D eigenvalue weighted by Gasteiger charge is -2.38. The number of likely N-dealkylation sites (tertiary alicyclic amines) is 1. The molecule has 3 heterocycles. The average Bonchev–Trinajstić information content (AvgIpc) is 3.63. The van der Waals surface area contributed by atoms with Gasteiger partial charge in [-0.25, -0.2) is 9.48 Å². The minimum Gasteiger partial charge on any atom is -0.475 e. The maximum absolute atomic E-state index is 13.0. The number of hydrogen-bond donors (Lipinski definition) is 2. The van der Waals surface area contributed by atoms with Crippen molar-refractivity contribution in [3.05, 3.63) is 78.0 Å². The largest absolute Gasteiger partial charge is 0.490 e. The summed E-state index contributed by atoms with van der Waals surface area (Å²) >= 11 is 0. The Bertz CT molecular complexity index is 1310. The van der Waals surface area contributed by atoms with Gasteiger partial charge in [0.2, 0.25) is 0 Å². The molecule has 226 valence electrons. The number of aliphatic carboxylic acids is 1. The second kappa shape index (κ2) is 13.8. The number of anilines is 2. The first-order valence-corrected chi connectivity index (χ1v) is 14.0. The fourth-order valence-electron chi connectivity index (χ4n) is 5.21. The molecule has 0 bridgehead atoms. The Hall–Kier alpha value is -3.90. The Morgan fingerprint density at radius 3 is 2.21 bits per heavy atom. The number of carboxylic acid groups (broad SMARTS) is 1. The third kappa shape index (κ3) is 8.32. The number of aromatic nitrogens is 2. The number of rotatable bonds is 7. The molecule has 2 N–H and O–H groups in total. The second-order valence-electron chi connectivity index (χ2n) is 10.7. The van der Waals surface area contributed by atoms with Gasteiger partial charge in [0.15, 0.2) is 0 Å². The molecule has 0 aliphatic carbocycles. The van der Waals surface area contributed by atoms with Gasteiger partial charge in [-0.1, -0.05) is 30.3 Å². The molecule has 2 saturated heterocycles. The van der Waals surface area contributed by atoms with Crippen molar-refractivity contribution in [1.29, 1.82) is 0 Å². The Kier molecular flexibility index (Phi) is 10.2. The summed E-state index contributed by atoms with van der Waals surface area (Å²) in [5, 5.41) is 14.8. The van der Waals surface area contributed by atoms with Crippen molar-refractivity contribution in [1.82, 2.24) is 19.6 Å². The van der Waals surface area contributed by atoms with E-state index in [2.05, 4.69) is 81.4 Å². The number of carbonyl (C=O) groups is 2. The molecule has 1 aromatic heterocycles. The highest BCUT2D eigenvalue weighted by molar-refractivity contribution is 6.04. The molecule has 1 amide bonds. The maximum Gasteiger partial charge on any atom is 0.490 e. The first-order valence-electron chi connectivity index (χ1n) is 14.0. The van der Waals surface area contributed by atoms with Gasteiger partial charge in [0.05, 0.1) is 12.2 Å². The number of hydrogen-bond acceptors (Lipinski definition) is 6. The normalized spacial score (nSPS) is 18.0. The number of nitrogens with zero attached hydrogens (tertiary/aromatic N) is 5. The van der Waals surface area contributed by atoms with Crippen molar-refractivity contribution in [2.75, 3.05) is 49.5 Å². The van der Waals surface area contributed by atoms with Gasteiger partial charge in [-0.2, -0.15) is 18.3 Å². The Labute approximate surface area is 243 Å². The molecule has 42 heavy (non-hydrogen) atoms. The standard InChI is InChI=1S/C28H36N6O.C2HF3O2/c1-22(2)32-16-18-33(19-17-32)25-10-8-24(9-11-25)28(35)30-27-12-14-29-34(27)26-13-15-31(21-26)20-23-6-4-3-5-7-23;3-2(4,5)1(6)7/h3-12,14,22,26H,13,15-21H2,1-2H3,(H,30,35);(H,6,7). The monoisotopic (exact) mass is 586 g/mol. The number of halogens is 3. The minimum atomic E-state index is -5.08. The number of carbonyl (C=O) groups excluding carboxylic acids is 1. The van der Waals surface area contributed by atoms with Crippen LogP contribution in [0.1, 0.15) is 42.2 Å². The summed E-state index contributed by atoms with van der Waals surface area (Å²) in [7, 11) is 0. The van der Waals surface area contributed by atoms with E-state index in [4.69, 9.17) is 9.90 Å². The number of piperazine rings is 1. The van der Waals surface area contributed by atoms with Crippen LogP contribution < -0.4 is 10.2 Å². The lowest BCUT2D eigenvalue weighted by molar-refractivity contribution is -0.192. The number of benzene rings is 2. The van der Waals surface area contributed by atoms with Gasteiger partial charge in [-0.3, -0.25) is 14.6 Å². The predicted octanol–water partition coefficient (Wildman–Crippen LogP) is 4.75. The SMILES string of the molecule is CC(C)N1CCN(c2ccc(C(=O)Nc3ccnn3C3CCN(Cc4ccccc4)C3)cc2)CC1.O=C(O)C(F)(F)F. The van der Waals surface area contributed by atoms with Gasteiger partial charge < -0.3 is 15.3 Å². The fourth-order valence-corrected chi connectivity index (χ4v) is 5.21. The van der Waals surface area contributed by atoms with Crippen molar-refractivity contribution in [3.63, 3.8) is 0 Å². The van der Waals surface area contributed by atoms with E-state index in [1.54, 1.807) is 6.20 Å². The molecule has 2 fully saturated rings. The van der Waals surface area contributed by atoms with Crippen LogP contribution in [0.25, 0.3) is 0 Å². The van der Waals surface area contributed by atoms with E-state index >= 15 is 0 Å². The fraction of sp³-hybridized carbons (Fsp3) is 0.433. The van der Waals surface area contributed by atoms with Gasteiger partial charge >= 0.3 is 12.1 Å². The van der Waals surface area contributed by atoms with Gasteiger partial charge in [-0.05, 0) is 50.1 Å². The molecule has 0 radical (unpaired) electrons. The van der Waals surface area contributed by atoms with Crippen LogP contribution in [0, 0.1) is 0 Å². The topological polar surface area (TPSA) is 93.9 Å². The number of alkyl halides is 3. The first kappa shape index (κ1) is 31.0. The Morgan fingerprint density at radius 1 is 0.976 bits per heavy atom. The van der Waals surface area contributed by atoms with Gasteiger partial charge in [0.25, 0.3) is 5.91 Å². The van der Waals surface area contributed by atoms with Crippen molar-refractivity contribution in [3.8, 4) is 0 Å². The van der Waals surface area contributed by atoms with Gasteiger partial charge in [-0.15, -0.1) is 0 Å². The van der Waals surface area contributed by atoms with Crippen molar-refractivity contribution >= 4 is 23.4 Å². The van der Waals surface area contributed by atoms with Crippen LogP contribution in [0.3, 0.4) is 0 Å². The lowest BCUT2D eigenvalue weighted by Crippen LogP contribution is -2.48. The van der Waals surface area contributed by atoms with Gasteiger partial charge in [0.1, 0.15) is 5.82 Å². The third-order valence-corrected chi connectivity index (χ3v) is 7.54. The summed E-state index contributed by atoms with van der Waals surface area (Å²) in [6, 6.07) is 21.3. The molecule has 1 unspecified atom stereocenters. The number of nitrogens with one attached hydrogen (secondary N) is 1. The molecular weight excluding hydrogens is 549 g/mol. The maximum atomic E-state index is 13.0. The van der Waals surface area contributed by atoms with Gasteiger partial charge in [0, 0.05) is 69.2 Å². The molecule has 5 rings (SSSR count). The summed E-state index contributed by atoms with van der Waals surface area (Å²) in [5.41, 5.74) is 3.17. The van der Waals surface area contributed by atoms with E-state index in [0.29, 0.717) is 11.6 Å². The zero-order chi connectivity index (χ0) is 30.3. The number of amides is 1. The van der Waals surface area contributed by atoms with Crippen LogP contribution in [0.15, 0.2) is 66.9 Å². The summed E-state index contributed by atoms with van der Waals surface area (Å²) in [5.74, 6) is -2.09. The predicted molar refractivity (Wildman–Crippen MR) is 155 cm³/mol. The van der Waals surface area contributed by atoms with E-state index < -0.39 is 12.1 Å². The second-order valence-corrected chi connectivity index (χ2v) is 10.7. The van der Waals surface area contributed by atoms with Crippen LogP contribution in [0.5, 0.6) is 0 Å². The Balaban J connectivity index is 0.000000517. The Morgan fingerprint density at radius 2 is 1.62 bits per heavy atom. The highest BCUT2D eigenvalue weighted by Gasteiger charge is 2.38. The zero-order valence-corrected chi connectivity index (χ0v) is 23.8. The van der Waals surface area contributed by atoms with Crippen LogP contribution in [-0.2, 0) is 11.3 Å². The highest BCUT2D eigenvalue weighted by atomic mass is 19.4. The minimum absolute atomic E-state index is 0.0953. The van der Waals surface area contributed by atoms with Crippen molar-refractivity contribution < 1.29 is 27.9 Å². The molecule has 0 saturated carbocycles. The zero-order valence-electron chi connectivity index (χ0n) is 23.8. The van der Waals surface area contributed by atoms with Crippen LogP contribution in [-0.4, -0.2) is 88.0 Å². The molecule has 0 spiro atoms. The first-order chi connectivity index (χ1) is 20.0. The quantitative estimate of drug-likeness (QED) is 0.413. The molecule has 2 aromatic carbocycles. The molecule has 3 aromatic rings. The highest BCUT2D eigenvalue weighted by Crippen LogP contribution is 2.26. The molecule has 2 aliphatic heterocycles. The molecule has 1 atom stereocenters. The smallest absolute Gasteiger partial charge is 0.475 e. The van der Waals surface area contributed by atoms with E-state index in [1.165, 1.54) is 11.3 Å². The molecule has 9 nitrogen and oxygen atoms in total. The van der Waals surface area contributed by atoms with E-state index in [0.717, 1.165) is 58.1 Å². The van der Waals surface area contributed by atoms with E-state index in [1.807, 2.05) is 22.9 Å². The third-order valence-electron chi connectivity index (χ3n) is 7.54. The molecule has 12 heteroatoms. The van der Waals surface area contributed by atoms with E-state index in [-0.39, 0.29) is 11.9 Å². The van der Waals surface area contributed by atoms with Crippen LogP contribution in [0.4, 0.5) is 24.7 Å².